The summed E-state index contributed by atoms with van der Waals surface area (Å²) in [6.07, 6.45) is 1.87. The van der Waals surface area contributed by atoms with Gasteiger partial charge < -0.3 is 14.5 Å². The molecule has 0 amide bonds. The molecule has 2 aromatic rings. The highest BCUT2D eigenvalue weighted by Gasteiger charge is 2.18. The Morgan fingerprint density at radius 1 is 0.800 bits per heavy atom. The first-order chi connectivity index (χ1) is 12.4. The Bertz CT molecular complexity index is 647. The van der Waals surface area contributed by atoms with Crippen LogP contribution < -0.4 is 9.80 Å². The topological polar surface area (TPSA) is 31.8 Å². The van der Waals surface area contributed by atoms with Crippen LogP contribution in [0.15, 0.2) is 48.7 Å². The minimum absolute atomic E-state index is 0.860. The number of ether oxygens (including phenoxy) is 1. The first-order valence-electron chi connectivity index (χ1n) is 9.18. The maximum atomic E-state index is 5.42. The molecule has 1 aromatic carbocycles. The standard InChI is InChI=1S/C20H26N4O/c1-2-8-21-20(3-1)24-11-9-23(10-12-24)19-6-4-18(5-7-19)17-22-13-15-25-16-14-22/h1-8H,9-17H2. The Morgan fingerprint density at radius 2 is 1.52 bits per heavy atom. The van der Waals surface area contributed by atoms with Crippen LogP contribution in [0.3, 0.4) is 0 Å². The van der Waals surface area contributed by atoms with Crippen molar-refractivity contribution in [3.63, 3.8) is 0 Å². The second-order valence-corrected chi connectivity index (χ2v) is 6.72. The molecule has 0 bridgehead atoms. The lowest BCUT2D eigenvalue weighted by molar-refractivity contribution is 0.0342. The fourth-order valence-electron chi connectivity index (χ4n) is 3.56. The van der Waals surface area contributed by atoms with E-state index in [-0.39, 0.29) is 0 Å². The summed E-state index contributed by atoms with van der Waals surface area (Å²) < 4.78 is 5.42. The second-order valence-electron chi connectivity index (χ2n) is 6.72. The summed E-state index contributed by atoms with van der Waals surface area (Å²) in [4.78, 5) is 11.8. The van der Waals surface area contributed by atoms with E-state index in [0.717, 1.165) is 64.8 Å². The van der Waals surface area contributed by atoms with Gasteiger partial charge in [0, 0.05) is 57.7 Å². The average molecular weight is 338 g/mol. The van der Waals surface area contributed by atoms with E-state index in [0.29, 0.717) is 0 Å². The lowest BCUT2D eigenvalue weighted by Crippen LogP contribution is -2.46. The second kappa shape index (κ2) is 7.85. The molecule has 0 spiro atoms. The largest absolute Gasteiger partial charge is 0.379 e. The Kier molecular flexibility index (Phi) is 5.14. The Morgan fingerprint density at radius 3 is 2.20 bits per heavy atom. The molecule has 2 fully saturated rings. The highest BCUT2D eigenvalue weighted by Crippen LogP contribution is 2.20. The van der Waals surface area contributed by atoms with Crippen LogP contribution in [-0.2, 0) is 11.3 Å². The number of piperazine rings is 1. The van der Waals surface area contributed by atoms with E-state index in [4.69, 9.17) is 4.74 Å². The van der Waals surface area contributed by atoms with Crippen LogP contribution in [0.25, 0.3) is 0 Å². The highest BCUT2D eigenvalue weighted by atomic mass is 16.5. The highest BCUT2D eigenvalue weighted by molar-refractivity contribution is 5.50. The summed E-state index contributed by atoms with van der Waals surface area (Å²) in [6, 6.07) is 15.2. The molecule has 4 rings (SSSR count). The van der Waals surface area contributed by atoms with Crippen molar-refractivity contribution in [2.45, 2.75) is 6.54 Å². The number of benzene rings is 1. The third-order valence-electron chi connectivity index (χ3n) is 5.06. The fraction of sp³-hybridized carbons (Fsp3) is 0.450. The number of hydrogen-bond donors (Lipinski definition) is 0. The van der Waals surface area contributed by atoms with Crippen molar-refractivity contribution in [2.24, 2.45) is 0 Å². The van der Waals surface area contributed by atoms with Crippen LogP contribution in [0.2, 0.25) is 0 Å². The molecule has 0 N–H and O–H groups in total. The monoisotopic (exact) mass is 338 g/mol. The summed E-state index contributed by atoms with van der Waals surface area (Å²) in [5, 5.41) is 0. The van der Waals surface area contributed by atoms with E-state index >= 15 is 0 Å². The van der Waals surface area contributed by atoms with Crippen LogP contribution in [0.1, 0.15) is 5.56 Å². The summed E-state index contributed by atoms with van der Waals surface area (Å²) in [5.74, 6) is 1.09. The quantitative estimate of drug-likeness (QED) is 0.854. The van der Waals surface area contributed by atoms with Crippen molar-refractivity contribution < 1.29 is 4.74 Å². The molecule has 2 saturated heterocycles. The van der Waals surface area contributed by atoms with Crippen molar-refractivity contribution in [3.8, 4) is 0 Å². The molecular weight excluding hydrogens is 312 g/mol. The predicted octanol–water partition coefficient (Wildman–Crippen LogP) is 2.24. The molecule has 0 saturated carbocycles. The number of anilines is 2. The summed E-state index contributed by atoms with van der Waals surface area (Å²) >= 11 is 0. The number of morpholine rings is 1. The molecule has 25 heavy (non-hydrogen) atoms. The van der Waals surface area contributed by atoms with Crippen molar-refractivity contribution in [1.29, 1.82) is 0 Å². The molecule has 2 aliphatic rings. The maximum Gasteiger partial charge on any atom is 0.128 e. The number of nitrogens with zero attached hydrogens (tertiary/aromatic N) is 4. The minimum atomic E-state index is 0.860. The molecule has 3 heterocycles. The normalized spacial score (nSPS) is 19.2. The summed E-state index contributed by atoms with van der Waals surface area (Å²) in [6.45, 7) is 8.95. The van der Waals surface area contributed by atoms with Crippen molar-refractivity contribution in [1.82, 2.24) is 9.88 Å². The third kappa shape index (κ3) is 4.11. The molecule has 5 heteroatoms. The van der Waals surface area contributed by atoms with E-state index in [1.54, 1.807) is 0 Å². The van der Waals surface area contributed by atoms with E-state index < -0.39 is 0 Å². The predicted molar refractivity (Wildman–Crippen MR) is 101 cm³/mol. The molecule has 2 aliphatic heterocycles. The summed E-state index contributed by atoms with van der Waals surface area (Å²) in [5.41, 5.74) is 2.71. The molecule has 0 aliphatic carbocycles. The van der Waals surface area contributed by atoms with Gasteiger partial charge >= 0.3 is 0 Å². The van der Waals surface area contributed by atoms with Gasteiger partial charge in [0.15, 0.2) is 0 Å². The van der Waals surface area contributed by atoms with Crippen LogP contribution in [0.4, 0.5) is 11.5 Å². The van der Waals surface area contributed by atoms with Gasteiger partial charge in [-0.1, -0.05) is 18.2 Å². The SMILES string of the molecule is c1ccc(N2CCN(c3ccc(CN4CCOCC4)cc3)CC2)nc1. The minimum Gasteiger partial charge on any atom is -0.379 e. The molecule has 0 radical (unpaired) electrons. The molecule has 132 valence electrons. The van der Waals surface area contributed by atoms with Gasteiger partial charge in [0.05, 0.1) is 13.2 Å². The Balaban J connectivity index is 1.32. The van der Waals surface area contributed by atoms with E-state index in [1.165, 1.54) is 11.3 Å². The van der Waals surface area contributed by atoms with Crippen LogP contribution in [-0.4, -0.2) is 62.4 Å². The fourth-order valence-corrected chi connectivity index (χ4v) is 3.56. The number of pyridine rings is 1. The van der Waals surface area contributed by atoms with E-state index in [1.807, 2.05) is 12.3 Å². The van der Waals surface area contributed by atoms with Crippen LogP contribution in [0.5, 0.6) is 0 Å². The molecular formula is C20H26N4O. The zero-order valence-electron chi connectivity index (χ0n) is 14.7. The number of rotatable bonds is 4. The number of aromatic nitrogens is 1. The van der Waals surface area contributed by atoms with Crippen LogP contribution in [0, 0.1) is 0 Å². The summed E-state index contributed by atoms with van der Waals surface area (Å²) in [7, 11) is 0. The average Bonchev–Trinajstić information content (AvgIpc) is 2.70. The smallest absolute Gasteiger partial charge is 0.128 e. The van der Waals surface area contributed by atoms with E-state index in [9.17, 15) is 0 Å². The van der Waals surface area contributed by atoms with Gasteiger partial charge in [-0.15, -0.1) is 0 Å². The maximum absolute atomic E-state index is 5.42. The third-order valence-corrected chi connectivity index (χ3v) is 5.06. The van der Waals surface area contributed by atoms with E-state index in [2.05, 4.69) is 56.1 Å². The Labute approximate surface area is 149 Å². The van der Waals surface area contributed by atoms with Crippen LogP contribution >= 0.6 is 0 Å². The van der Waals surface area contributed by atoms with Gasteiger partial charge in [-0.05, 0) is 29.8 Å². The lowest BCUT2D eigenvalue weighted by atomic mass is 10.1. The van der Waals surface area contributed by atoms with Gasteiger partial charge in [0.1, 0.15) is 5.82 Å². The molecule has 0 unspecified atom stereocenters. The first-order valence-corrected chi connectivity index (χ1v) is 9.18. The zero-order chi connectivity index (χ0) is 16.9. The Hall–Kier alpha value is -2.11. The molecule has 0 atom stereocenters. The lowest BCUT2D eigenvalue weighted by Gasteiger charge is -2.36. The first kappa shape index (κ1) is 16.4. The van der Waals surface area contributed by atoms with Gasteiger partial charge in [-0.3, -0.25) is 4.90 Å². The molecule has 1 aromatic heterocycles. The molecule has 5 nitrogen and oxygen atoms in total. The van der Waals surface area contributed by atoms with Gasteiger partial charge in [-0.25, -0.2) is 4.98 Å². The number of hydrogen-bond acceptors (Lipinski definition) is 5. The zero-order valence-corrected chi connectivity index (χ0v) is 14.7. The van der Waals surface area contributed by atoms with Crippen molar-refractivity contribution >= 4 is 11.5 Å². The van der Waals surface area contributed by atoms with Crippen molar-refractivity contribution in [3.05, 3.63) is 54.2 Å². The van der Waals surface area contributed by atoms with Gasteiger partial charge in [0.25, 0.3) is 0 Å². The van der Waals surface area contributed by atoms with Gasteiger partial charge in [0.2, 0.25) is 0 Å². The van der Waals surface area contributed by atoms with Gasteiger partial charge in [-0.2, -0.15) is 0 Å². The van der Waals surface area contributed by atoms with Crippen molar-refractivity contribution in [2.75, 3.05) is 62.3 Å².